The SMILES string of the molecule is CCOC(=O)CC[C@H](Cc1ccccc1)OCOC. The van der Waals surface area contributed by atoms with Gasteiger partial charge in [-0.15, -0.1) is 0 Å². The van der Waals surface area contributed by atoms with Crippen LogP contribution in [0.25, 0.3) is 0 Å². The first-order valence-electron chi connectivity index (χ1n) is 6.56. The Balaban J connectivity index is 2.44. The Morgan fingerprint density at radius 1 is 1.26 bits per heavy atom. The highest BCUT2D eigenvalue weighted by Crippen LogP contribution is 2.11. The molecule has 0 fully saturated rings. The highest BCUT2D eigenvalue weighted by atomic mass is 16.7. The highest BCUT2D eigenvalue weighted by Gasteiger charge is 2.13. The average Bonchev–Trinajstić information content (AvgIpc) is 2.43. The third-order valence-corrected chi connectivity index (χ3v) is 2.70. The van der Waals surface area contributed by atoms with Crippen molar-refractivity contribution in [2.24, 2.45) is 0 Å². The van der Waals surface area contributed by atoms with E-state index in [1.807, 2.05) is 30.3 Å². The third kappa shape index (κ3) is 6.94. The van der Waals surface area contributed by atoms with Crippen molar-refractivity contribution in [1.29, 1.82) is 0 Å². The van der Waals surface area contributed by atoms with Crippen molar-refractivity contribution in [1.82, 2.24) is 0 Å². The van der Waals surface area contributed by atoms with E-state index >= 15 is 0 Å². The number of ether oxygens (including phenoxy) is 3. The fourth-order valence-electron chi connectivity index (χ4n) is 1.80. The molecule has 1 rings (SSSR count). The van der Waals surface area contributed by atoms with E-state index in [4.69, 9.17) is 14.2 Å². The Morgan fingerprint density at radius 3 is 2.63 bits per heavy atom. The Bertz CT molecular complexity index is 350. The molecular formula is C15H22O4. The predicted molar refractivity (Wildman–Crippen MR) is 72.8 cm³/mol. The lowest BCUT2D eigenvalue weighted by atomic mass is 10.0. The smallest absolute Gasteiger partial charge is 0.305 e. The van der Waals surface area contributed by atoms with Gasteiger partial charge in [-0.25, -0.2) is 0 Å². The van der Waals surface area contributed by atoms with Gasteiger partial charge in [0.05, 0.1) is 12.7 Å². The van der Waals surface area contributed by atoms with E-state index < -0.39 is 0 Å². The van der Waals surface area contributed by atoms with Crippen LogP contribution in [-0.2, 0) is 25.4 Å². The molecule has 0 heterocycles. The maximum atomic E-state index is 11.4. The summed E-state index contributed by atoms with van der Waals surface area (Å²) in [4.78, 5) is 11.4. The topological polar surface area (TPSA) is 44.8 Å². The summed E-state index contributed by atoms with van der Waals surface area (Å²) < 4.78 is 15.4. The Kier molecular flexibility index (Phi) is 7.86. The van der Waals surface area contributed by atoms with Crippen molar-refractivity contribution < 1.29 is 19.0 Å². The van der Waals surface area contributed by atoms with Crippen LogP contribution in [0.15, 0.2) is 30.3 Å². The third-order valence-electron chi connectivity index (χ3n) is 2.70. The second kappa shape index (κ2) is 9.53. The number of carbonyl (C=O) groups is 1. The zero-order valence-electron chi connectivity index (χ0n) is 11.6. The number of hydrogen-bond donors (Lipinski definition) is 0. The molecule has 0 unspecified atom stereocenters. The Hall–Kier alpha value is -1.39. The zero-order chi connectivity index (χ0) is 13.9. The van der Waals surface area contributed by atoms with Gasteiger partial charge < -0.3 is 14.2 Å². The average molecular weight is 266 g/mol. The molecule has 0 amide bonds. The predicted octanol–water partition coefficient (Wildman–Crippen LogP) is 2.56. The van der Waals surface area contributed by atoms with E-state index in [2.05, 4.69) is 0 Å². The van der Waals surface area contributed by atoms with Gasteiger partial charge in [-0.3, -0.25) is 4.79 Å². The minimum Gasteiger partial charge on any atom is -0.466 e. The van der Waals surface area contributed by atoms with E-state index in [9.17, 15) is 4.79 Å². The van der Waals surface area contributed by atoms with Crippen molar-refractivity contribution in [3.8, 4) is 0 Å². The van der Waals surface area contributed by atoms with Crippen LogP contribution in [0.3, 0.4) is 0 Å². The Labute approximate surface area is 114 Å². The summed E-state index contributed by atoms with van der Waals surface area (Å²) in [5.74, 6) is -0.179. The molecule has 0 aliphatic rings. The first-order chi connectivity index (χ1) is 9.26. The standard InChI is InChI=1S/C15H22O4/c1-3-18-15(16)10-9-14(19-12-17-2)11-13-7-5-4-6-8-13/h4-8,14H,3,9-12H2,1-2H3/t14-/m1/s1. The summed E-state index contributed by atoms with van der Waals surface area (Å²) in [5.41, 5.74) is 1.19. The lowest BCUT2D eigenvalue weighted by molar-refractivity contribution is -0.144. The summed E-state index contributed by atoms with van der Waals surface area (Å²) in [6.07, 6.45) is 1.74. The molecule has 0 aromatic heterocycles. The summed E-state index contributed by atoms with van der Waals surface area (Å²) in [6, 6.07) is 10.1. The number of rotatable bonds is 9. The van der Waals surface area contributed by atoms with Crippen molar-refractivity contribution >= 4 is 5.97 Å². The monoisotopic (exact) mass is 266 g/mol. The van der Waals surface area contributed by atoms with E-state index in [1.165, 1.54) is 5.56 Å². The highest BCUT2D eigenvalue weighted by molar-refractivity contribution is 5.69. The lowest BCUT2D eigenvalue weighted by Crippen LogP contribution is -2.19. The molecule has 0 radical (unpaired) electrons. The van der Waals surface area contributed by atoms with Crippen LogP contribution in [0.4, 0.5) is 0 Å². The molecule has 4 heteroatoms. The molecule has 106 valence electrons. The van der Waals surface area contributed by atoms with Crippen LogP contribution in [0.2, 0.25) is 0 Å². The molecule has 4 nitrogen and oxygen atoms in total. The van der Waals surface area contributed by atoms with Crippen LogP contribution >= 0.6 is 0 Å². The van der Waals surface area contributed by atoms with Crippen LogP contribution in [0.1, 0.15) is 25.3 Å². The van der Waals surface area contributed by atoms with Gasteiger partial charge in [0, 0.05) is 13.5 Å². The lowest BCUT2D eigenvalue weighted by Gasteiger charge is -2.17. The van der Waals surface area contributed by atoms with Crippen LogP contribution < -0.4 is 0 Å². The van der Waals surface area contributed by atoms with Gasteiger partial charge in [-0.1, -0.05) is 30.3 Å². The summed E-state index contributed by atoms with van der Waals surface area (Å²) >= 11 is 0. The first-order valence-corrected chi connectivity index (χ1v) is 6.56. The van der Waals surface area contributed by atoms with Crippen LogP contribution in [0, 0.1) is 0 Å². The van der Waals surface area contributed by atoms with Gasteiger partial charge in [0.1, 0.15) is 6.79 Å². The minimum atomic E-state index is -0.179. The maximum Gasteiger partial charge on any atom is 0.305 e. The molecule has 1 aromatic carbocycles. The minimum absolute atomic E-state index is 0.0354. The molecule has 0 saturated carbocycles. The Morgan fingerprint density at radius 2 is 2.00 bits per heavy atom. The molecule has 0 aliphatic carbocycles. The summed E-state index contributed by atoms with van der Waals surface area (Å²) in [5, 5.41) is 0. The number of hydrogen-bond acceptors (Lipinski definition) is 4. The van der Waals surface area contributed by atoms with Gasteiger partial charge in [0.15, 0.2) is 0 Å². The molecule has 1 aromatic rings. The molecule has 0 N–H and O–H groups in total. The summed E-state index contributed by atoms with van der Waals surface area (Å²) in [6.45, 7) is 2.46. The molecule has 1 atom stereocenters. The molecule has 0 spiro atoms. The molecule has 19 heavy (non-hydrogen) atoms. The van der Waals surface area contributed by atoms with Crippen LogP contribution in [0.5, 0.6) is 0 Å². The molecule has 0 saturated heterocycles. The number of methoxy groups -OCH3 is 1. The van der Waals surface area contributed by atoms with Gasteiger partial charge in [-0.2, -0.15) is 0 Å². The largest absolute Gasteiger partial charge is 0.466 e. The molecule has 0 bridgehead atoms. The fourth-order valence-corrected chi connectivity index (χ4v) is 1.80. The zero-order valence-corrected chi connectivity index (χ0v) is 11.6. The molecule has 0 aliphatic heterocycles. The van der Waals surface area contributed by atoms with E-state index in [1.54, 1.807) is 14.0 Å². The van der Waals surface area contributed by atoms with E-state index in [0.717, 1.165) is 6.42 Å². The van der Waals surface area contributed by atoms with Crippen molar-refractivity contribution in [3.05, 3.63) is 35.9 Å². The first kappa shape index (κ1) is 15.7. The van der Waals surface area contributed by atoms with Gasteiger partial charge in [0.2, 0.25) is 0 Å². The normalized spacial score (nSPS) is 12.1. The maximum absolute atomic E-state index is 11.4. The molecular weight excluding hydrogens is 244 g/mol. The van der Waals surface area contributed by atoms with Gasteiger partial charge in [-0.05, 0) is 25.3 Å². The van der Waals surface area contributed by atoms with E-state index in [0.29, 0.717) is 19.4 Å². The van der Waals surface area contributed by atoms with Gasteiger partial charge >= 0.3 is 5.97 Å². The summed E-state index contributed by atoms with van der Waals surface area (Å²) in [7, 11) is 1.59. The number of benzene rings is 1. The second-order valence-corrected chi connectivity index (χ2v) is 4.23. The van der Waals surface area contributed by atoms with E-state index in [-0.39, 0.29) is 18.9 Å². The van der Waals surface area contributed by atoms with Gasteiger partial charge in [0.25, 0.3) is 0 Å². The van der Waals surface area contributed by atoms with Crippen molar-refractivity contribution in [2.45, 2.75) is 32.3 Å². The van der Waals surface area contributed by atoms with Crippen molar-refractivity contribution in [3.63, 3.8) is 0 Å². The second-order valence-electron chi connectivity index (χ2n) is 4.23. The van der Waals surface area contributed by atoms with Crippen molar-refractivity contribution in [2.75, 3.05) is 20.5 Å². The number of carbonyl (C=O) groups excluding carboxylic acids is 1. The number of esters is 1. The van der Waals surface area contributed by atoms with Crippen LogP contribution in [-0.4, -0.2) is 32.6 Å². The quantitative estimate of drug-likeness (QED) is 0.509. The fraction of sp³-hybridized carbons (Fsp3) is 0.533.